The molecule has 1 aliphatic rings. The van der Waals surface area contributed by atoms with Crippen LogP contribution in [0.4, 0.5) is 5.95 Å². The van der Waals surface area contributed by atoms with Crippen LogP contribution in [0.25, 0.3) is 10.8 Å². The van der Waals surface area contributed by atoms with Gasteiger partial charge in [-0.05, 0) is 40.5 Å². The zero-order chi connectivity index (χ0) is 18.4. The van der Waals surface area contributed by atoms with Crippen molar-refractivity contribution in [3.05, 3.63) is 88.2 Å². The van der Waals surface area contributed by atoms with Crippen LogP contribution in [0, 0.1) is 0 Å². The number of nitrogens with one attached hydrogen (secondary N) is 1. The van der Waals surface area contributed by atoms with Crippen molar-refractivity contribution < 1.29 is 0 Å². The van der Waals surface area contributed by atoms with Gasteiger partial charge in [-0.3, -0.25) is 0 Å². The van der Waals surface area contributed by atoms with Crippen LogP contribution in [0.3, 0.4) is 0 Å². The molecule has 6 heteroatoms. The van der Waals surface area contributed by atoms with Crippen molar-refractivity contribution in [1.82, 2.24) is 14.8 Å². The van der Waals surface area contributed by atoms with Gasteiger partial charge in [-0.1, -0.05) is 71.7 Å². The molecule has 0 aliphatic carbocycles. The molecule has 1 N–H and O–H groups in total. The zero-order valence-corrected chi connectivity index (χ0v) is 15.8. The monoisotopic (exact) mass is 394 g/mol. The number of halogens is 2. The molecule has 1 aromatic heterocycles. The first-order valence-electron chi connectivity index (χ1n) is 8.79. The van der Waals surface area contributed by atoms with Crippen LogP contribution in [0.1, 0.15) is 29.6 Å². The van der Waals surface area contributed by atoms with E-state index in [1.807, 2.05) is 16.8 Å². The highest BCUT2D eigenvalue weighted by Gasteiger charge is 2.31. The number of nitrogens with zero attached hydrogens (tertiary/aromatic N) is 3. The van der Waals surface area contributed by atoms with Crippen molar-refractivity contribution in [2.24, 2.45) is 0 Å². The maximum absolute atomic E-state index is 6.49. The van der Waals surface area contributed by atoms with Gasteiger partial charge in [0.1, 0.15) is 6.33 Å². The highest BCUT2D eigenvalue weighted by molar-refractivity contribution is 6.35. The van der Waals surface area contributed by atoms with Gasteiger partial charge in [0.2, 0.25) is 5.95 Å². The van der Waals surface area contributed by atoms with Crippen LogP contribution in [0.2, 0.25) is 10.0 Å². The standard InChI is InChI=1S/C21H16Cl2N4/c22-14-8-9-17(18(23)10-14)19-11-20(27-21(26-19)24-12-25-27)16-7-3-5-13-4-1-2-6-15(13)16/h1-10,12,19-20H,11H2,(H,24,25,26)/t19-,20-/m0/s1. The summed E-state index contributed by atoms with van der Waals surface area (Å²) in [7, 11) is 0. The van der Waals surface area contributed by atoms with Gasteiger partial charge in [-0.25, -0.2) is 4.68 Å². The zero-order valence-electron chi connectivity index (χ0n) is 14.3. The van der Waals surface area contributed by atoms with E-state index in [1.165, 1.54) is 16.3 Å². The van der Waals surface area contributed by atoms with E-state index >= 15 is 0 Å². The van der Waals surface area contributed by atoms with Crippen LogP contribution in [0.15, 0.2) is 67.0 Å². The van der Waals surface area contributed by atoms with Crippen LogP contribution in [-0.2, 0) is 0 Å². The van der Waals surface area contributed by atoms with Crippen molar-refractivity contribution in [2.45, 2.75) is 18.5 Å². The number of aromatic nitrogens is 3. The van der Waals surface area contributed by atoms with E-state index in [2.05, 4.69) is 57.9 Å². The van der Waals surface area contributed by atoms with Crippen LogP contribution in [0.5, 0.6) is 0 Å². The molecule has 1 aliphatic heterocycles. The molecular weight excluding hydrogens is 379 g/mol. The molecule has 0 saturated heterocycles. The quantitative estimate of drug-likeness (QED) is 0.461. The Morgan fingerprint density at radius 1 is 0.963 bits per heavy atom. The van der Waals surface area contributed by atoms with Crippen molar-refractivity contribution >= 4 is 39.9 Å². The summed E-state index contributed by atoms with van der Waals surface area (Å²) in [6.45, 7) is 0. The molecule has 0 bridgehead atoms. The third kappa shape index (κ3) is 2.85. The van der Waals surface area contributed by atoms with Gasteiger partial charge in [-0.2, -0.15) is 10.1 Å². The smallest absolute Gasteiger partial charge is 0.222 e. The summed E-state index contributed by atoms with van der Waals surface area (Å²) in [6.07, 6.45) is 2.40. The molecule has 27 heavy (non-hydrogen) atoms. The molecule has 4 nitrogen and oxygen atoms in total. The van der Waals surface area contributed by atoms with Crippen molar-refractivity contribution in [1.29, 1.82) is 0 Å². The highest BCUT2D eigenvalue weighted by Crippen LogP contribution is 2.41. The Balaban J connectivity index is 1.64. The van der Waals surface area contributed by atoms with Gasteiger partial charge in [-0.15, -0.1) is 0 Å². The summed E-state index contributed by atoms with van der Waals surface area (Å²) in [6, 6.07) is 20.6. The SMILES string of the molecule is Clc1ccc([C@@H]2C[C@@H](c3cccc4ccccc34)n3ncnc3N2)c(Cl)c1. The largest absolute Gasteiger partial charge is 0.347 e. The van der Waals surface area contributed by atoms with Gasteiger partial charge in [0, 0.05) is 10.0 Å². The summed E-state index contributed by atoms with van der Waals surface area (Å²) in [5.41, 5.74) is 2.25. The third-order valence-corrected chi connectivity index (χ3v) is 5.71. The van der Waals surface area contributed by atoms with E-state index in [9.17, 15) is 0 Å². The Labute approximate surface area is 166 Å². The average Bonchev–Trinajstić information content (AvgIpc) is 3.15. The fourth-order valence-corrected chi connectivity index (χ4v) is 4.45. The Kier molecular flexibility index (Phi) is 4.03. The second-order valence-electron chi connectivity index (χ2n) is 6.71. The third-order valence-electron chi connectivity index (χ3n) is 5.15. The first-order chi connectivity index (χ1) is 13.2. The second kappa shape index (κ2) is 6.55. The van der Waals surface area contributed by atoms with Crippen LogP contribution < -0.4 is 5.32 Å². The summed E-state index contributed by atoms with van der Waals surface area (Å²) in [5.74, 6) is 0.746. The summed E-state index contributed by atoms with van der Waals surface area (Å²) >= 11 is 12.6. The summed E-state index contributed by atoms with van der Waals surface area (Å²) in [4.78, 5) is 4.41. The molecule has 134 valence electrons. The summed E-state index contributed by atoms with van der Waals surface area (Å²) < 4.78 is 1.96. The lowest BCUT2D eigenvalue weighted by Gasteiger charge is -2.32. The van der Waals surface area contributed by atoms with E-state index in [-0.39, 0.29) is 12.1 Å². The predicted octanol–water partition coefficient (Wildman–Crippen LogP) is 5.88. The summed E-state index contributed by atoms with van der Waals surface area (Å²) in [5, 5.41) is 11.7. The van der Waals surface area contributed by atoms with E-state index < -0.39 is 0 Å². The molecule has 4 aromatic rings. The first kappa shape index (κ1) is 16.6. The minimum Gasteiger partial charge on any atom is -0.347 e. The molecule has 3 aromatic carbocycles. The van der Waals surface area contributed by atoms with E-state index in [1.54, 1.807) is 12.4 Å². The van der Waals surface area contributed by atoms with Crippen molar-refractivity contribution in [3.8, 4) is 0 Å². The van der Waals surface area contributed by atoms with E-state index in [0.717, 1.165) is 17.9 Å². The fraction of sp³-hybridized carbons (Fsp3) is 0.143. The van der Waals surface area contributed by atoms with Crippen LogP contribution in [-0.4, -0.2) is 14.8 Å². The lowest BCUT2D eigenvalue weighted by Crippen LogP contribution is -2.28. The number of benzene rings is 3. The highest BCUT2D eigenvalue weighted by atomic mass is 35.5. The molecule has 0 spiro atoms. The number of rotatable bonds is 2. The Morgan fingerprint density at radius 2 is 1.81 bits per heavy atom. The molecule has 0 fully saturated rings. The van der Waals surface area contributed by atoms with Gasteiger partial charge >= 0.3 is 0 Å². The average molecular weight is 395 g/mol. The second-order valence-corrected chi connectivity index (χ2v) is 7.55. The molecule has 0 radical (unpaired) electrons. The molecule has 0 unspecified atom stereocenters. The molecule has 0 saturated carbocycles. The minimum atomic E-state index is 0.0236. The number of anilines is 1. The molecule has 0 amide bonds. The number of hydrogen-bond acceptors (Lipinski definition) is 3. The molecular formula is C21H16Cl2N4. The Hall–Kier alpha value is -2.56. The van der Waals surface area contributed by atoms with Gasteiger partial charge < -0.3 is 5.32 Å². The maximum Gasteiger partial charge on any atom is 0.222 e. The Morgan fingerprint density at radius 3 is 2.70 bits per heavy atom. The van der Waals surface area contributed by atoms with Crippen LogP contribution >= 0.6 is 23.2 Å². The van der Waals surface area contributed by atoms with Gasteiger partial charge in [0.15, 0.2) is 0 Å². The molecule has 2 atom stereocenters. The maximum atomic E-state index is 6.49. The Bertz CT molecular complexity index is 1130. The van der Waals surface area contributed by atoms with E-state index in [4.69, 9.17) is 23.2 Å². The molecule has 5 rings (SSSR count). The van der Waals surface area contributed by atoms with Gasteiger partial charge in [0.25, 0.3) is 0 Å². The molecule has 2 heterocycles. The number of hydrogen-bond donors (Lipinski definition) is 1. The number of fused-ring (bicyclic) bond motifs is 2. The first-order valence-corrected chi connectivity index (χ1v) is 9.55. The van der Waals surface area contributed by atoms with Crippen molar-refractivity contribution in [2.75, 3.05) is 5.32 Å². The fourth-order valence-electron chi connectivity index (χ4n) is 3.91. The van der Waals surface area contributed by atoms with Gasteiger partial charge in [0.05, 0.1) is 12.1 Å². The predicted molar refractivity (Wildman–Crippen MR) is 110 cm³/mol. The van der Waals surface area contributed by atoms with E-state index in [0.29, 0.717) is 10.0 Å². The topological polar surface area (TPSA) is 42.7 Å². The lowest BCUT2D eigenvalue weighted by molar-refractivity contribution is 0.433. The van der Waals surface area contributed by atoms with Crippen molar-refractivity contribution in [3.63, 3.8) is 0 Å². The minimum absolute atomic E-state index is 0.0236. The lowest BCUT2D eigenvalue weighted by atomic mass is 9.90. The normalized spacial score (nSPS) is 18.9.